The largest absolute Gasteiger partial charge is 0.341 e. The second kappa shape index (κ2) is 9.48. The average molecular weight is 472 g/mol. The fourth-order valence-electron chi connectivity index (χ4n) is 5.32. The van der Waals surface area contributed by atoms with Crippen molar-refractivity contribution >= 4 is 33.8 Å². The fraction of sp³-hybridized carbons (Fsp3) is 0.156. The van der Waals surface area contributed by atoms with Gasteiger partial charge in [0.2, 0.25) is 0 Å². The number of fused-ring (bicyclic) bond motifs is 3. The first-order valence-corrected chi connectivity index (χ1v) is 12.6. The number of amides is 1. The second-order valence-corrected chi connectivity index (χ2v) is 9.36. The summed E-state index contributed by atoms with van der Waals surface area (Å²) in [6.45, 7) is 4.95. The van der Waals surface area contributed by atoms with Gasteiger partial charge >= 0.3 is 0 Å². The van der Waals surface area contributed by atoms with Gasteiger partial charge in [-0.25, -0.2) is 5.01 Å². The molecule has 1 aliphatic heterocycles. The molecule has 36 heavy (non-hydrogen) atoms. The lowest BCUT2D eigenvalue weighted by Crippen LogP contribution is -2.37. The summed E-state index contributed by atoms with van der Waals surface area (Å²) in [7, 11) is 0. The molecule has 4 aromatic carbocycles. The van der Waals surface area contributed by atoms with Crippen LogP contribution in [0.3, 0.4) is 0 Å². The van der Waals surface area contributed by atoms with Crippen molar-refractivity contribution in [3.8, 4) is 0 Å². The van der Waals surface area contributed by atoms with Crippen LogP contribution in [0, 0.1) is 0 Å². The minimum atomic E-state index is 0.0749. The van der Waals surface area contributed by atoms with Gasteiger partial charge in [0.15, 0.2) is 0 Å². The highest BCUT2D eigenvalue weighted by atomic mass is 16.2. The molecule has 0 radical (unpaired) electrons. The van der Waals surface area contributed by atoms with Crippen LogP contribution in [0.25, 0.3) is 27.9 Å². The number of hydrogen-bond donors (Lipinski definition) is 0. The fourth-order valence-corrected chi connectivity index (χ4v) is 5.32. The molecule has 1 fully saturated rings. The first kappa shape index (κ1) is 22.3. The van der Waals surface area contributed by atoms with Crippen LogP contribution in [0.2, 0.25) is 0 Å². The number of nitrogens with zero attached hydrogens (tertiary/aromatic N) is 3. The van der Waals surface area contributed by atoms with Crippen LogP contribution in [0.1, 0.15) is 23.6 Å². The molecule has 0 atom stereocenters. The van der Waals surface area contributed by atoms with Crippen LogP contribution in [0.4, 0.5) is 0 Å². The summed E-state index contributed by atoms with van der Waals surface area (Å²) in [6, 6.07) is 35.7. The molecule has 5 aromatic rings. The van der Waals surface area contributed by atoms with Gasteiger partial charge in [0.25, 0.3) is 5.91 Å². The number of hydrogen-bond acceptors (Lipinski definition) is 2. The van der Waals surface area contributed by atoms with Gasteiger partial charge < -0.3 is 4.57 Å². The van der Waals surface area contributed by atoms with Crippen LogP contribution >= 0.6 is 0 Å². The van der Waals surface area contributed by atoms with E-state index < -0.39 is 0 Å². The van der Waals surface area contributed by atoms with Crippen LogP contribution in [-0.2, 0) is 24.4 Å². The topological polar surface area (TPSA) is 28.5 Å². The van der Waals surface area contributed by atoms with Crippen LogP contribution in [0.5, 0.6) is 0 Å². The van der Waals surface area contributed by atoms with Gasteiger partial charge in [-0.2, -0.15) is 0 Å². The quantitative estimate of drug-likeness (QED) is 0.259. The number of rotatable bonds is 6. The molecule has 1 aliphatic rings. The van der Waals surface area contributed by atoms with Gasteiger partial charge in [-0.05, 0) is 47.9 Å². The minimum Gasteiger partial charge on any atom is -0.341 e. The molecule has 0 spiro atoms. The average Bonchev–Trinajstić information content (AvgIpc) is 3.39. The first-order valence-electron chi connectivity index (χ1n) is 12.6. The molecule has 1 saturated heterocycles. The van der Waals surface area contributed by atoms with Gasteiger partial charge in [-0.3, -0.25) is 9.80 Å². The van der Waals surface area contributed by atoms with Crippen LogP contribution in [0.15, 0.2) is 109 Å². The Kier molecular flexibility index (Phi) is 5.88. The normalized spacial score (nSPS) is 15.5. The Morgan fingerprint density at radius 1 is 0.722 bits per heavy atom. The van der Waals surface area contributed by atoms with E-state index in [-0.39, 0.29) is 5.91 Å². The Morgan fingerprint density at radius 2 is 1.36 bits per heavy atom. The smallest absolute Gasteiger partial charge is 0.265 e. The van der Waals surface area contributed by atoms with E-state index in [4.69, 9.17) is 0 Å². The van der Waals surface area contributed by atoms with Crippen molar-refractivity contribution in [2.45, 2.75) is 26.6 Å². The molecule has 1 aromatic heterocycles. The minimum absolute atomic E-state index is 0.0749. The molecule has 6 rings (SSSR count). The number of carbonyl (C=O) groups excluding carboxylic acids is 1. The van der Waals surface area contributed by atoms with Crippen molar-refractivity contribution in [2.24, 2.45) is 0 Å². The van der Waals surface area contributed by atoms with Gasteiger partial charge in [-0.15, -0.1) is 0 Å². The van der Waals surface area contributed by atoms with Gasteiger partial charge in [0.1, 0.15) is 0 Å². The lowest BCUT2D eigenvalue weighted by molar-refractivity contribution is -0.138. The Hall–Kier alpha value is -4.15. The maximum Gasteiger partial charge on any atom is 0.265 e. The molecule has 4 nitrogen and oxygen atoms in total. The van der Waals surface area contributed by atoms with Gasteiger partial charge in [0, 0.05) is 47.0 Å². The van der Waals surface area contributed by atoms with Gasteiger partial charge in [0.05, 0.1) is 6.54 Å². The zero-order chi connectivity index (χ0) is 24.5. The maximum atomic E-state index is 13.7. The molecule has 4 heteroatoms. The van der Waals surface area contributed by atoms with E-state index in [0.717, 1.165) is 23.2 Å². The highest BCUT2D eigenvalue weighted by Gasteiger charge is 2.33. The zero-order valence-corrected chi connectivity index (χ0v) is 20.5. The van der Waals surface area contributed by atoms with Gasteiger partial charge in [-0.1, -0.05) is 84.9 Å². The van der Waals surface area contributed by atoms with Crippen LogP contribution < -0.4 is 0 Å². The summed E-state index contributed by atoms with van der Waals surface area (Å²) in [5.74, 6) is 0.0749. The molecule has 1 amide bonds. The molecule has 0 aliphatic carbocycles. The number of benzene rings is 4. The third-order valence-corrected chi connectivity index (χ3v) is 7.04. The zero-order valence-electron chi connectivity index (χ0n) is 20.5. The Balaban J connectivity index is 1.37. The SMILES string of the molecule is CCn1c2ccccc2c2cc(/C=C3/CN(Cc4ccccc4)N(Cc4ccccc4)C3=O)ccc21. The highest BCUT2D eigenvalue weighted by Crippen LogP contribution is 2.31. The summed E-state index contributed by atoms with van der Waals surface area (Å²) >= 11 is 0. The summed E-state index contributed by atoms with van der Waals surface area (Å²) < 4.78 is 2.35. The number of hydrazine groups is 1. The molecule has 0 N–H and O–H groups in total. The molecule has 0 saturated carbocycles. The van der Waals surface area contributed by atoms with Crippen molar-refractivity contribution in [2.75, 3.05) is 6.54 Å². The lowest BCUT2D eigenvalue weighted by atomic mass is 10.1. The molecule has 2 heterocycles. The molecule has 0 bridgehead atoms. The number of aryl methyl sites for hydroxylation is 1. The van der Waals surface area contributed by atoms with E-state index in [1.165, 1.54) is 27.4 Å². The molecule has 0 unspecified atom stereocenters. The summed E-state index contributed by atoms with van der Waals surface area (Å²) in [4.78, 5) is 13.7. The van der Waals surface area contributed by atoms with Crippen LogP contribution in [-0.4, -0.2) is 27.0 Å². The standard InChI is InChI=1S/C32H29N3O/c1-2-34-30-16-10-9-15-28(30)29-20-26(17-18-31(29)34)19-27-23-33(21-24-11-5-3-6-12-24)35(32(27)36)22-25-13-7-4-8-14-25/h3-20H,2,21-23H2,1H3/b27-19-. The van der Waals surface area contributed by atoms with E-state index in [2.05, 4.69) is 89.3 Å². The Morgan fingerprint density at radius 3 is 2.08 bits per heavy atom. The molecule has 178 valence electrons. The molecular weight excluding hydrogens is 442 g/mol. The second-order valence-electron chi connectivity index (χ2n) is 9.36. The Bertz CT molecular complexity index is 1570. The van der Waals surface area contributed by atoms with E-state index in [0.29, 0.717) is 19.6 Å². The summed E-state index contributed by atoms with van der Waals surface area (Å²) in [6.07, 6.45) is 2.07. The third-order valence-electron chi connectivity index (χ3n) is 7.04. The lowest BCUT2D eigenvalue weighted by Gasteiger charge is -2.27. The number of para-hydroxylation sites is 1. The summed E-state index contributed by atoms with van der Waals surface area (Å²) in [5, 5.41) is 6.55. The van der Waals surface area contributed by atoms with E-state index in [1.807, 2.05) is 41.4 Å². The van der Waals surface area contributed by atoms with Crippen molar-refractivity contribution in [1.29, 1.82) is 0 Å². The van der Waals surface area contributed by atoms with Crippen molar-refractivity contribution in [3.63, 3.8) is 0 Å². The van der Waals surface area contributed by atoms with Crippen molar-refractivity contribution in [3.05, 3.63) is 125 Å². The predicted molar refractivity (Wildman–Crippen MR) is 147 cm³/mol. The predicted octanol–water partition coefficient (Wildman–Crippen LogP) is 6.66. The van der Waals surface area contributed by atoms with Crippen molar-refractivity contribution < 1.29 is 4.79 Å². The number of aromatic nitrogens is 1. The summed E-state index contributed by atoms with van der Waals surface area (Å²) in [5.41, 5.74) is 6.68. The van der Waals surface area contributed by atoms with E-state index in [1.54, 1.807) is 0 Å². The third kappa shape index (κ3) is 4.10. The Labute approximate surface area is 211 Å². The first-order chi connectivity index (χ1) is 17.7. The maximum absolute atomic E-state index is 13.7. The number of carbonyl (C=O) groups is 1. The highest BCUT2D eigenvalue weighted by molar-refractivity contribution is 6.09. The monoisotopic (exact) mass is 471 g/mol. The van der Waals surface area contributed by atoms with E-state index >= 15 is 0 Å². The molecular formula is C32H29N3O. The van der Waals surface area contributed by atoms with E-state index in [9.17, 15) is 4.79 Å². The van der Waals surface area contributed by atoms with Crippen molar-refractivity contribution in [1.82, 2.24) is 14.6 Å².